The number of pyridine rings is 1. The van der Waals surface area contributed by atoms with Crippen LogP contribution in [-0.2, 0) is 6.18 Å². The highest BCUT2D eigenvalue weighted by Gasteiger charge is 2.37. The second kappa shape index (κ2) is 4.63. The fourth-order valence-electron chi connectivity index (χ4n) is 0.847. The fourth-order valence-corrected chi connectivity index (χ4v) is 1.97. The number of hydrogen-bond donors (Lipinski definition) is 0. The van der Waals surface area contributed by atoms with E-state index in [9.17, 15) is 26.3 Å². The van der Waals surface area contributed by atoms with Crippen molar-refractivity contribution in [3.63, 3.8) is 0 Å². The first kappa shape index (κ1) is 14.6. The van der Waals surface area contributed by atoms with Crippen molar-refractivity contribution in [3.8, 4) is 5.75 Å². The highest BCUT2D eigenvalue weighted by Crippen LogP contribution is 2.39. The van der Waals surface area contributed by atoms with Crippen LogP contribution < -0.4 is 4.74 Å². The number of ether oxygens (including phenoxy) is 1. The zero-order valence-electron chi connectivity index (χ0n) is 7.46. The van der Waals surface area contributed by atoms with Crippen molar-refractivity contribution in [1.29, 1.82) is 0 Å². The van der Waals surface area contributed by atoms with E-state index in [2.05, 4.69) is 41.6 Å². The van der Waals surface area contributed by atoms with Crippen LogP contribution in [0, 0.1) is 0 Å². The fraction of sp³-hybridized carbons (Fsp3) is 0.286. The van der Waals surface area contributed by atoms with Gasteiger partial charge in [-0.05, 0) is 37.9 Å². The van der Waals surface area contributed by atoms with Gasteiger partial charge in [0.1, 0.15) is 9.21 Å². The SMILES string of the molecule is FC(F)(F)Oc1cc(C(F)(F)F)c(Br)nc1Br. The number of alkyl halides is 6. The molecule has 0 fully saturated rings. The minimum atomic E-state index is -5.10. The Bertz CT molecular complexity index is 430. The molecule has 2 nitrogen and oxygen atoms in total. The first-order valence-corrected chi connectivity index (χ1v) is 5.28. The molecule has 96 valence electrons. The van der Waals surface area contributed by atoms with Crippen molar-refractivity contribution in [2.75, 3.05) is 0 Å². The lowest BCUT2D eigenvalue weighted by molar-refractivity contribution is -0.275. The zero-order valence-corrected chi connectivity index (χ0v) is 10.6. The van der Waals surface area contributed by atoms with E-state index in [-0.39, 0.29) is 6.07 Å². The molecule has 1 aromatic rings. The summed E-state index contributed by atoms with van der Waals surface area (Å²) in [5, 5.41) is 0. The molecule has 1 aromatic heterocycles. The Morgan fingerprint density at radius 1 is 1.00 bits per heavy atom. The first-order chi connectivity index (χ1) is 7.50. The number of aromatic nitrogens is 1. The van der Waals surface area contributed by atoms with E-state index < -0.39 is 33.1 Å². The first-order valence-electron chi connectivity index (χ1n) is 3.69. The average Bonchev–Trinajstić information content (AvgIpc) is 2.05. The summed E-state index contributed by atoms with van der Waals surface area (Å²) in [6.07, 6.45) is -9.93. The van der Waals surface area contributed by atoms with Crippen LogP contribution in [-0.4, -0.2) is 11.3 Å². The summed E-state index contributed by atoms with van der Waals surface area (Å²) in [5.41, 5.74) is -1.36. The summed E-state index contributed by atoms with van der Waals surface area (Å²) in [4.78, 5) is 3.21. The van der Waals surface area contributed by atoms with Gasteiger partial charge in [0, 0.05) is 0 Å². The summed E-state index contributed by atoms with van der Waals surface area (Å²) in [7, 11) is 0. The lowest BCUT2D eigenvalue weighted by Crippen LogP contribution is -2.18. The number of hydrogen-bond acceptors (Lipinski definition) is 2. The van der Waals surface area contributed by atoms with Crippen LogP contribution in [0.25, 0.3) is 0 Å². The van der Waals surface area contributed by atoms with E-state index in [4.69, 9.17) is 0 Å². The van der Waals surface area contributed by atoms with E-state index in [0.717, 1.165) is 0 Å². The summed E-state index contributed by atoms with van der Waals surface area (Å²) in [6, 6.07) is 0.203. The van der Waals surface area contributed by atoms with Gasteiger partial charge in [0.05, 0.1) is 5.56 Å². The molecule has 0 aliphatic heterocycles. The molecule has 0 aliphatic carbocycles. The molecule has 0 aromatic carbocycles. The van der Waals surface area contributed by atoms with Crippen LogP contribution in [0.4, 0.5) is 26.3 Å². The summed E-state index contributed by atoms with van der Waals surface area (Å²) in [6.45, 7) is 0. The lowest BCUT2D eigenvalue weighted by atomic mass is 10.3. The van der Waals surface area contributed by atoms with E-state index in [1.807, 2.05) is 0 Å². The maximum atomic E-state index is 12.4. The van der Waals surface area contributed by atoms with E-state index in [0.29, 0.717) is 0 Å². The Balaban J connectivity index is 3.25. The molecule has 0 saturated carbocycles. The van der Waals surface area contributed by atoms with Crippen LogP contribution in [0.3, 0.4) is 0 Å². The Labute approximate surface area is 107 Å². The molecule has 17 heavy (non-hydrogen) atoms. The molecule has 0 saturated heterocycles. The molecule has 0 radical (unpaired) electrons. The molecule has 0 atom stereocenters. The van der Waals surface area contributed by atoms with E-state index in [1.165, 1.54) is 0 Å². The molecule has 0 amide bonds. The number of nitrogens with zero attached hydrogens (tertiary/aromatic N) is 1. The smallest absolute Gasteiger partial charge is 0.403 e. The van der Waals surface area contributed by atoms with Gasteiger partial charge < -0.3 is 4.74 Å². The Hall–Kier alpha value is -0.510. The van der Waals surface area contributed by atoms with Crippen LogP contribution in [0.1, 0.15) is 5.56 Å². The molecular formula is C7HBr2F6NO. The van der Waals surface area contributed by atoms with Crippen molar-refractivity contribution in [2.24, 2.45) is 0 Å². The standard InChI is InChI=1S/C7HBr2F6NO/c8-4-2(6(10,11)12)1-3(5(9)16-4)17-7(13,14)15/h1H. The molecule has 0 aliphatic rings. The maximum absolute atomic E-state index is 12.4. The Kier molecular flexibility index (Phi) is 3.97. The highest BCUT2D eigenvalue weighted by molar-refractivity contribution is 9.11. The van der Waals surface area contributed by atoms with Crippen molar-refractivity contribution in [1.82, 2.24) is 4.98 Å². The van der Waals surface area contributed by atoms with Crippen molar-refractivity contribution in [2.45, 2.75) is 12.5 Å². The Morgan fingerprint density at radius 2 is 1.53 bits per heavy atom. The predicted molar refractivity (Wildman–Crippen MR) is 51.3 cm³/mol. The second-order valence-electron chi connectivity index (χ2n) is 2.66. The minimum absolute atomic E-state index is 0.203. The third-order valence-corrected chi connectivity index (χ3v) is 2.60. The molecule has 10 heteroatoms. The van der Waals surface area contributed by atoms with Gasteiger partial charge in [-0.15, -0.1) is 13.2 Å². The highest BCUT2D eigenvalue weighted by atomic mass is 79.9. The molecule has 0 N–H and O–H groups in total. The van der Waals surface area contributed by atoms with Crippen LogP contribution in [0.15, 0.2) is 15.3 Å². The number of halogens is 8. The van der Waals surface area contributed by atoms with Gasteiger partial charge in [0.25, 0.3) is 0 Å². The van der Waals surface area contributed by atoms with Gasteiger partial charge in [-0.2, -0.15) is 13.2 Å². The molecule has 1 heterocycles. The number of rotatable bonds is 1. The quantitative estimate of drug-likeness (QED) is 0.521. The van der Waals surface area contributed by atoms with Gasteiger partial charge in [0.2, 0.25) is 0 Å². The van der Waals surface area contributed by atoms with Crippen molar-refractivity contribution < 1.29 is 31.1 Å². The maximum Gasteiger partial charge on any atom is 0.573 e. The molecular weight excluding hydrogens is 388 g/mol. The largest absolute Gasteiger partial charge is 0.573 e. The van der Waals surface area contributed by atoms with Gasteiger partial charge in [-0.25, -0.2) is 4.98 Å². The normalized spacial score (nSPS) is 12.7. The van der Waals surface area contributed by atoms with Crippen LogP contribution >= 0.6 is 31.9 Å². The summed E-state index contributed by atoms with van der Waals surface area (Å²) in [5.74, 6) is -1.06. The predicted octanol–water partition coefficient (Wildman–Crippen LogP) is 4.52. The summed E-state index contributed by atoms with van der Waals surface area (Å²) < 4.78 is 75.0. The van der Waals surface area contributed by atoms with Crippen molar-refractivity contribution in [3.05, 3.63) is 20.8 Å². The van der Waals surface area contributed by atoms with E-state index in [1.54, 1.807) is 0 Å². The molecule has 1 rings (SSSR count). The van der Waals surface area contributed by atoms with E-state index >= 15 is 0 Å². The molecule has 0 spiro atoms. The topological polar surface area (TPSA) is 22.1 Å². The van der Waals surface area contributed by atoms with Crippen molar-refractivity contribution >= 4 is 31.9 Å². The zero-order chi connectivity index (χ0) is 13.4. The van der Waals surface area contributed by atoms with Gasteiger partial charge in [-0.3, -0.25) is 0 Å². The summed E-state index contributed by atoms with van der Waals surface area (Å²) >= 11 is 5.07. The third kappa shape index (κ3) is 4.02. The van der Waals surface area contributed by atoms with Gasteiger partial charge in [0.15, 0.2) is 5.75 Å². The lowest BCUT2D eigenvalue weighted by Gasteiger charge is -2.14. The molecule has 0 unspecified atom stereocenters. The Morgan fingerprint density at radius 3 is 1.94 bits per heavy atom. The van der Waals surface area contributed by atoms with Crippen LogP contribution in [0.2, 0.25) is 0 Å². The van der Waals surface area contributed by atoms with Gasteiger partial charge >= 0.3 is 12.5 Å². The average molecular weight is 389 g/mol. The second-order valence-corrected chi connectivity index (χ2v) is 4.16. The minimum Gasteiger partial charge on any atom is -0.403 e. The monoisotopic (exact) mass is 387 g/mol. The molecule has 0 bridgehead atoms. The van der Waals surface area contributed by atoms with Gasteiger partial charge in [-0.1, -0.05) is 0 Å². The van der Waals surface area contributed by atoms with Crippen LogP contribution in [0.5, 0.6) is 5.75 Å². The third-order valence-electron chi connectivity index (χ3n) is 1.43.